The number of hydrogen-bond donors (Lipinski definition) is 1. The lowest BCUT2D eigenvalue weighted by Crippen LogP contribution is -2.43. The van der Waals surface area contributed by atoms with Crippen LogP contribution in [0.2, 0.25) is 0 Å². The highest BCUT2D eigenvalue weighted by Crippen LogP contribution is 2.28. The smallest absolute Gasteiger partial charge is 0.276 e. The zero-order chi connectivity index (χ0) is 21.6. The third-order valence-corrected chi connectivity index (χ3v) is 4.91. The molecule has 9 heteroatoms. The van der Waals surface area contributed by atoms with Crippen molar-refractivity contribution in [2.45, 2.75) is 0 Å². The molecule has 0 aromatic heterocycles. The third-order valence-electron chi connectivity index (χ3n) is 4.91. The van der Waals surface area contributed by atoms with Gasteiger partial charge in [-0.3, -0.25) is 9.59 Å². The average Bonchev–Trinajstić information content (AvgIpc) is 3.13. The van der Waals surface area contributed by atoms with E-state index in [1.54, 1.807) is 23.1 Å². The maximum absolute atomic E-state index is 12.3. The second-order valence-corrected chi connectivity index (χ2v) is 6.89. The molecule has 0 aliphatic carbocycles. The number of hydrogen-bond acceptors (Lipinski definition) is 7. The average molecular weight is 422 g/mol. The number of amides is 2. The van der Waals surface area contributed by atoms with Gasteiger partial charge >= 0.3 is 0 Å². The lowest BCUT2D eigenvalue weighted by atomic mass is 10.1. The molecule has 0 unspecified atom stereocenters. The number of fused-ring (bicyclic) bond motifs is 1. The molecule has 2 heterocycles. The summed E-state index contributed by atoms with van der Waals surface area (Å²) in [5, 5.41) is 10.9. The molecule has 2 amide bonds. The van der Waals surface area contributed by atoms with Gasteiger partial charge in [-0.15, -0.1) is 5.10 Å². The molecule has 31 heavy (non-hydrogen) atoms. The number of nitrogens with one attached hydrogen (secondary N) is 1. The quantitative estimate of drug-likeness (QED) is 0.564. The number of methoxy groups -OCH3 is 1. The van der Waals surface area contributed by atoms with Crippen molar-refractivity contribution < 1.29 is 23.8 Å². The van der Waals surface area contributed by atoms with Crippen LogP contribution < -0.4 is 14.8 Å². The number of anilines is 1. The van der Waals surface area contributed by atoms with Gasteiger partial charge in [-0.05, 0) is 29.8 Å². The Balaban J connectivity index is 1.42. The van der Waals surface area contributed by atoms with Gasteiger partial charge in [0.2, 0.25) is 0 Å². The maximum atomic E-state index is 12.3. The van der Waals surface area contributed by atoms with E-state index in [9.17, 15) is 9.59 Å². The van der Waals surface area contributed by atoms with Crippen molar-refractivity contribution in [3.8, 4) is 11.5 Å². The summed E-state index contributed by atoms with van der Waals surface area (Å²) >= 11 is 0. The predicted octanol–water partition coefficient (Wildman–Crippen LogP) is 1.71. The van der Waals surface area contributed by atoms with Crippen molar-refractivity contribution in [1.82, 2.24) is 4.90 Å². The molecule has 0 radical (unpaired) electrons. The standard InChI is InChI=1S/C22H22N4O5/c1-29-19-12-15(6-7-18(19)31-14-20(27)26-8-10-30-11-9-26)13-23-25-21-16-4-2-3-5-17(16)24-22(21)28/h2-7,12-13H,8-11,14H2,1H3,(H,24,25,28)/b23-13-. The van der Waals surface area contributed by atoms with Crippen LogP contribution in [0, 0.1) is 0 Å². The molecule has 160 valence electrons. The fourth-order valence-corrected chi connectivity index (χ4v) is 3.28. The summed E-state index contributed by atoms with van der Waals surface area (Å²) in [7, 11) is 1.52. The first-order valence-electron chi connectivity index (χ1n) is 9.84. The van der Waals surface area contributed by atoms with E-state index in [2.05, 4.69) is 15.5 Å². The van der Waals surface area contributed by atoms with E-state index in [4.69, 9.17) is 14.2 Å². The van der Waals surface area contributed by atoms with Crippen LogP contribution in [-0.4, -0.2) is 68.7 Å². The molecule has 2 aliphatic rings. The summed E-state index contributed by atoms with van der Waals surface area (Å²) in [5.41, 5.74) is 2.41. The maximum Gasteiger partial charge on any atom is 0.276 e. The van der Waals surface area contributed by atoms with E-state index >= 15 is 0 Å². The van der Waals surface area contributed by atoms with E-state index in [1.807, 2.05) is 24.3 Å². The van der Waals surface area contributed by atoms with Crippen molar-refractivity contribution >= 4 is 29.4 Å². The molecular weight excluding hydrogens is 400 g/mol. The molecule has 2 aromatic rings. The van der Waals surface area contributed by atoms with E-state index in [0.29, 0.717) is 43.4 Å². The zero-order valence-corrected chi connectivity index (χ0v) is 17.0. The summed E-state index contributed by atoms with van der Waals surface area (Å²) in [5.74, 6) is 0.540. The van der Waals surface area contributed by atoms with Crippen LogP contribution in [0.1, 0.15) is 11.1 Å². The minimum absolute atomic E-state index is 0.0774. The van der Waals surface area contributed by atoms with Gasteiger partial charge in [-0.25, -0.2) is 0 Å². The van der Waals surface area contributed by atoms with Crippen LogP contribution in [0.4, 0.5) is 5.69 Å². The Morgan fingerprint density at radius 3 is 2.81 bits per heavy atom. The van der Waals surface area contributed by atoms with Gasteiger partial charge in [0.15, 0.2) is 23.8 Å². The Morgan fingerprint density at radius 1 is 1.19 bits per heavy atom. The minimum atomic E-state index is -0.287. The molecule has 9 nitrogen and oxygen atoms in total. The normalized spacial score (nSPS) is 17.0. The van der Waals surface area contributed by atoms with Gasteiger partial charge in [0, 0.05) is 18.7 Å². The van der Waals surface area contributed by atoms with Gasteiger partial charge in [0.05, 0.1) is 32.2 Å². The van der Waals surface area contributed by atoms with Crippen LogP contribution in [-0.2, 0) is 14.3 Å². The van der Waals surface area contributed by atoms with Crippen molar-refractivity contribution in [3.05, 3.63) is 53.6 Å². The second kappa shape index (κ2) is 9.40. The van der Waals surface area contributed by atoms with Crippen molar-refractivity contribution in [3.63, 3.8) is 0 Å². The number of para-hydroxylation sites is 1. The first-order valence-corrected chi connectivity index (χ1v) is 9.84. The fraction of sp³-hybridized carbons (Fsp3) is 0.273. The van der Waals surface area contributed by atoms with Crippen LogP contribution in [0.15, 0.2) is 52.7 Å². The zero-order valence-electron chi connectivity index (χ0n) is 17.0. The number of benzene rings is 2. The van der Waals surface area contributed by atoms with Crippen LogP contribution in [0.25, 0.3) is 0 Å². The van der Waals surface area contributed by atoms with Gasteiger partial charge in [0.25, 0.3) is 11.8 Å². The Kier molecular flexibility index (Phi) is 6.23. The summed E-state index contributed by atoms with van der Waals surface area (Å²) in [6, 6.07) is 12.5. The molecule has 0 spiro atoms. The molecule has 0 bridgehead atoms. The molecule has 2 aliphatic heterocycles. The van der Waals surface area contributed by atoms with Gasteiger partial charge in [-0.1, -0.05) is 18.2 Å². The Hall–Kier alpha value is -3.72. The SMILES string of the molecule is COc1cc(/C=N\N=C2/C(=O)Nc3ccccc32)ccc1OCC(=O)N1CCOCC1. The number of rotatable bonds is 6. The van der Waals surface area contributed by atoms with Crippen LogP contribution in [0.5, 0.6) is 11.5 Å². The van der Waals surface area contributed by atoms with Crippen molar-refractivity contribution in [1.29, 1.82) is 0 Å². The first kappa shape index (κ1) is 20.5. The topological polar surface area (TPSA) is 102 Å². The Morgan fingerprint density at radius 2 is 2.00 bits per heavy atom. The minimum Gasteiger partial charge on any atom is -0.493 e. The van der Waals surface area contributed by atoms with Crippen LogP contribution >= 0.6 is 0 Å². The second-order valence-electron chi connectivity index (χ2n) is 6.89. The number of morpholine rings is 1. The highest BCUT2D eigenvalue weighted by atomic mass is 16.5. The molecular formula is C22H22N4O5. The molecule has 1 N–H and O–H groups in total. The predicted molar refractivity (Wildman–Crippen MR) is 115 cm³/mol. The number of carbonyl (C=O) groups is 2. The van der Waals surface area contributed by atoms with Crippen molar-refractivity contribution in [2.75, 3.05) is 45.3 Å². The van der Waals surface area contributed by atoms with E-state index in [0.717, 1.165) is 11.3 Å². The lowest BCUT2D eigenvalue weighted by Gasteiger charge is -2.26. The molecule has 1 fully saturated rings. The largest absolute Gasteiger partial charge is 0.493 e. The first-order chi connectivity index (χ1) is 15.2. The summed E-state index contributed by atoms with van der Waals surface area (Å²) in [4.78, 5) is 26.0. The highest BCUT2D eigenvalue weighted by molar-refractivity contribution is 6.53. The van der Waals surface area contributed by atoms with Gasteiger partial charge in [-0.2, -0.15) is 5.10 Å². The molecule has 0 atom stereocenters. The van der Waals surface area contributed by atoms with Crippen molar-refractivity contribution in [2.24, 2.45) is 10.2 Å². The Bertz CT molecular complexity index is 1040. The Labute approximate surface area is 179 Å². The lowest BCUT2D eigenvalue weighted by molar-refractivity contribution is -0.137. The molecule has 4 rings (SSSR count). The van der Waals surface area contributed by atoms with E-state index in [1.165, 1.54) is 13.3 Å². The van der Waals surface area contributed by atoms with Crippen LogP contribution in [0.3, 0.4) is 0 Å². The van der Waals surface area contributed by atoms with E-state index < -0.39 is 0 Å². The monoisotopic (exact) mass is 422 g/mol. The summed E-state index contributed by atoms with van der Waals surface area (Å²) < 4.78 is 16.3. The van der Waals surface area contributed by atoms with E-state index in [-0.39, 0.29) is 24.1 Å². The molecule has 1 saturated heterocycles. The fourth-order valence-electron chi connectivity index (χ4n) is 3.28. The number of ether oxygens (including phenoxy) is 3. The number of nitrogens with zero attached hydrogens (tertiary/aromatic N) is 3. The number of carbonyl (C=O) groups excluding carboxylic acids is 2. The molecule has 2 aromatic carbocycles. The van der Waals surface area contributed by atoms with Gasteiger partial charge < -0.3 is 24.4 Å². The summed E-state index contributed by atoms with van der Waals surface area (Å²) in [6.45, 7) is 2.15. The van der Waals surface area contributed by atoms with Gasteiger partial charge in [0.1, 0.15) is 0 Å². The molecule has 0 saturated carbocycles. The summed E-state index contributed by atoms with van der Waals surface area (Å²) in [6.07, 6.45) is 1.52. The highest BCUT2D eigenvalue weighted by Gasteiger charge is 2.25. The third kappa shape index (κ3) is 4.72.